The Morgan fingerprint density at radius 1 is 1.21 bits per heavy atom. The summed E-state index contributed by atoms with van der Waals surface area (Å²) in [5.74, 6) is 0.601. The highest BCUT2D eigenvalue weighted by molar-refractivity contribution is 5.73. The van der Waals surface area contributed by atoms with Gasteiger partial charge in [-0.05, 0) is 30.5 Å². The summed E-state index contributed by atoms with van der Waals surface area (Å²) < 4.78 is 13.5. The van der Waals surface area contributed by atoms with Crippen LogP contribution in [0.1, 0.15) is 32.4 Å². The molecule has 24 heavy (non-hydrogen) atoms. The lowest BCUT2D eigenvalue weighted by molar-refractivity contribution is -0.130. The minimum absolute atomic E-state index is 0.163. The molecule has 3 atom stereocenters. The number of carbonyl (C=O) groups excluding carboxylic acids is 1. The number of likely N-dealkylation sites (tertiary alicyclic amines) is 1. The highest BCUT2D eigenvalue weighted by atomic mass is 19.1. The summed E-state index contributed by atoms with van der Waals surface area (Å²) in [6.07, 6.45) is 0. The van der Waals surface area contributed by atoms with Crippen LogP contribution in [0.2, 0.25) is 0 Å². The average molecular weight is 333 g/mol. The molecule has 2 saturated heterocycles. The fraction of sp³-hybridized carbons (Fsp3) is 0.632. The molecule has 132 valence electrons. The number of hydrogen-bond donors (Lipinski definition) is 0. The first-order chi connectivity index (χ1) is 11.5. The fourth-order valence-corrected chi connectivity index (χ4v) is 4.12. The van der Waals surface area contributed by atoms with Gasteiger partial charge in [-0.15, -0.1) is 0 Å². The monoisotopic (exact) mass is 333 g/mol. The van der Waals surface area contributed by atoms with E-state index in [1.807, 2.05) is 11.0 Å². The molecule has 0 aliphatic carbocycles. The van der Waals surface area contributed by atoms with Crippen LogP contribution >= 0.6 is 0 Å². The van der Waals surface area contributed by atoms with Gasteiger partial charge < -0.3 is 4.90 Å². The van der Waals surface area contributed by atoms with E-state index in [4.69, 9.17) is 0 Å². The van der Waals surface area contributed by atoms with E-state index >= 15 is 0 Å². The first kappa shape index (κ1) is 17.4. The molecule has 2 fully saturated rings. The summed E-state index contributed by atoms with van der Waals surface area (Å²) in [5.41, 5.74) is 1.05. The van der Waals surface area contributed by atoms with E-state index < -0.39 is 0 Å². The van der Waals surface area contributed by atoms with Gasteiger partial charge in [0.1, 0.15) is 5.82 Å². The van der Waals surface area contributed by atoms with Crippen molar-refractivity contribution in [3.63, 3.8) is 0 Å². The Hall–Kier alpha value is -1.46. The smallest absolute Gasteiger partial charge is 0.219 e. The highest BCUT2D eigenvalue weighted by Gasteiger charge is 2.37. The zero-order valence-corrected chi connectivity index (χ0v) is 14.9. The summed E-state index contributed by atoms with van der Waals surface area (Å²) in [6.45, 7) is 11.7. The SMILES string of the molecule is CC(=O)N1CCN([C@@H]2CN([C@@H](C)c3cccc(F)c3)C[C@H]2C)CC1. The topological polar surface area (TPSA) is 26.8 Å². The molecular formula is C19H28FN3O. The lowest BCUT2D eigenvalue weighted by Gasteiger charge is -2.39. The van der Waals surface area contributed by atoms with E-state index in [9.17, 15) is 9.18 Å². The summed E-state index contributed by atoms with van der Waals surface area (Å²) in [6, 6.07) is 7.70. The van der Waals surface area contributed by atoms with Crippen LogP contribution in [0.15, 0.2) is 24.3 Å². The molecule has 0 unspecified atom stereocenters. The summed E-state index contributed by atoms with van der Waals surface area (Å²) >= 11 is 0. The molecule has 4 nitrogen and oxygen atoms in total. The molecule has 2 heterocycles. The normalized spacial score (nSPS) is 27.4. The molecule has 2 aliphatic rings. The van der Waals surface area contributed by atoms with E-state index in [0.717, 1.165) is 44.8 Å². The zero-order chi connectivity index (χ0) is 17.3. The van der Waals surface area contributed by atoms with Crippen molar-refractivity contribution >= 4 is 5.91 Å². The lowest BCUT2D eigenvalue weighted by atomic mass is 10.0. The predicted octanol–water partition coefficient (Wildman–Crippen LogP) is 2.37. The molecular weight excluding hydrogens is 305 g/mol. The van der Waals surface area contributed by atoms with Gasteiger partial charge in [-0.2, -0.15) is 0 Å². The maximum Gasteiger partial charge on any atom is 0.219 e. The summed E-state index contributed by atoms with van der Waals surface area (Å²) in [4.78, 5) is 18.4. The Labute approximate surface area is 144 Å². The van der Waals surface area contributed by atoms with E-state index in [1.165, 1.54) is 6.07 Å². The average Bonchev–Trinajstić information content (AvgIpc) is 2.96. The Kier molecular flexibility index (Phi) is 5.21. The van der Waals surface area contributed by atoms with E-state index in [0.29, 0.717) is 12.0 Å². The van der Waals surface area contributed by atoms with E-state index in [2.05, 4.69) is 23.6 Å². The molecule has 0 saturated carbocycles. The number of hydrogen-bond acceptors (Lipinski definition) is 3. The van der Waals surface area contributed by atoms with E-state index in [1.54, 1.807) is 19.1 Å². The molecule has 0 radical (unpaired) electrons. The van der Waals surface area contributed by atoms with Gasteiger partial charge >= 0.3 is 0 Å². The number of rotatable bonds is 3. The first-order valence-electron chi connectivity index (χ1n) is 8.95. The van der Waals surface area contributed by atoms with Crippen LogP contribution in [0.3, 0.4) is 0 Å². The third-order valence-corrected chi connectivity index (χ3v) is 5.71. The van der Waals surface area contributed by atoms with Gasteiger partial charge in [0.25, 0.3) is 0 Å². The van der Waals surface area contributed by atoms with Crippen molar-refractivity contribution in [2.45, 2.75) is 32.9 Å². The number of nitrogens with zero attached hydrogens (tertiary/aromatic N) is 3. The number of piperazine rings is 1. The maximum absolute atomic E-state index is 13.5. The van der Waals surface area contributed by atoms with Crippen molar-refractivity contribution in [3.05, 3.63) is 35.6 Å². The molecule has 1 aromatic rings. The predicted molar refractivity (Wildman–Crippen MR) is 93.2 cm³/mol. The molecule has 5 heteroatoms. The van der Waals surface area contributed by atoms with Gasteiger partial charge in [-0.1, -0.05) is 19.1 Å². The Balaban J connectivity index is 1.61. The summed E-state index contributed by atoms with van der Waals surface area (Å²) in [5, 5.41) is 0. The minimum atomic E-state index is -0.163. The zero-order valence-electron chi connectivity index (χ0n) is 14.9. The van der Waals surface area contributed by atoms with Crippen LogP contribution in [0.5, 0.6) is 0 Å². The second-order valence-corrected chi connectivity index (χ2v) is 7.27. The Morgan fingerprint density at radius 3 is 2.54 bits per heavy atom. The molecule has 0 N–H and O–H groups in total. The van der Waals surface area contributed by atoms with Crippen LogP contribution < -0.4 is 0 Å². The van der Waals surface area contributed by atoms with Crippen LogP contribution in [0.25, 0.3) is 0 Å². The van der Waals surface area contributed by atoms with Gasteiger partial charge in [-0.25, -0.2) is 4.39 Å². The molecule has 1 amide bonds. The third kappa shape index (κ3) is 3.62. The highest BCUT2D eigenvalue weighted by Crippen LogP contribution is 2.30. The van der Waals surface area contributed by atoms with Crippen molar-refractivity contribution < 1.29 is 9.18 Å². The number of halogens is 1. The van der Waals surface area contributed by atoms with Gasteiger partial charge in [-0.3, -0.25) is 14.6 Å². The van der Waals surface area contributed by atoms with Crippen LogP contribution in [-0.2, 0) is 4.79 Å². The van der Waals surface area contributed by atoms with Crippen molar-refractivity contribution in [2.24, 2.45) is 5.92 Å². The van der Waals surface area contributed by atoms with Gasteiger partial charge in [0.05, 0.1) is 0 Å². The molecule has 3 rings (SSSR count). The van der Waals surface area contributed by atoms with Crippen molar-refractivity contribution in [1.82, 2.24) is 14.7 Å². The molecule has 0 bridgehead atoms. The molecule has 1 aromatic carbocycles. The van der Waals surface area contributed by atoms with Gasteiger partial charge in [0, 0.05) is 58.3 Å². The molecule has 2 aliphatic heterocycles. The van der Waals surface area contributed by atoms with Crippen molar-refractivity contribution in [3.8, 4) is 0 Å². The summed E-state index contributed by atoms with van der Waals surface area (Å²) in [7, 11) is 0. The molecule has 0 aromatic heterocycles. The second-order valence-electron chi connectivity index (χ2n) is 7.27. The first-order valence-corrected chi connectivity index (χ1v) is 8.95. The van der Waals surface area contributed by atoms with Gasteiger partial charge in [0.2, 0.25) is 5.91 Å². The van der Waals surface area contributed by atoms with Crippen molar-refractivity contribution in [2.75, 3.05) is 39.3 Å². The van der Waals surface area contributed by atoms with Crippen LogP contribution in [0.4, 0.5) is 4.39 Å². The largest absolute Gasteiger partial charge is 0.340 e. The number of benzene rings is 1. The van der Waals surface area contributed by atoms with Crippen LogP contribution in [-0.4, -0.2) is 65.9 Å². The lowest BCUT2D eigenvalue weighted by Crippen LogP contribution is -2.53. The standard InChI is InChI=1S/C19H28FN3O/c1-14-12-23(15(2)17-5-4-6-18(20)11-17)13-19(14)22-9-7-21(8-10-22)16(3)24/h4-6,11,14-15,19H,7-10,12-13H2,1-3H3/t14-,15+,19-/m1/s1. The number of carbonyl (C=O) groups is 1. The van der Waals surface area contributed by atoms with Crippen molar-refractivity contribution in [1.29, 1.82) is 0 Å². The quantitative estimate of drug-likeness (QED) is 0.850. The minimum Gasteiger partial charge on any atom is -0.340 e. The van der Waals surface area contributed by atoms with Crippen LogP contribution in [0, 0.1) is 11.7 Å². The number of amides is 1. The fourth-order valence-electron chi connectivity index (χ4n) is 4.12. The second kappa shape index (κ2) is 7.19. The van der Waals surface area contributed by atoms with Gasteiger partial charge in [0.15, 0.2) is 0 Å². The Bertz CT molecular complexity index is 586. The third-order valence-electron chi connectivity index (χ3n) is 5.71. The molecule has 0 spiro atoms. The van der Waals surface area contributed by atoms with E-state index in [-0.39, 0.29) is 17.8 Å². The maximum atomic E-state index is 13.5. The Morgan fingerprint density at radius 2 is 1.92 bits per heavy atom.